The predicted molar refractivity (Wildman–Crippen MR) is 114 cm³/mol. The Morgan fingerprint density at radius 3 is 2.71 bits per heavy atom. The molecule has 0 unspecified atom stereocenters. The first-order chi connectivity index (χ1) is 13.5. The van der Waals surface area contributed by atoms with Gasteiger partial charge >= 0.3 is 5.97 Å². The van der Waals surface area contributed by atoms with Crippen LogP contribution in [0.4, 0.5) is 0 Å². The van der Waals surface area contributed by atoms with E-state index in [1.165, 1.54) is 5.56 Å². The van der Waals surface area contributed by atoms with E-state index in [4.69, 9.17) is 4.74 Å². The number of esters is 1. The van der Waals surface area contributed by atoms with Crippen LogP contribution >= 0.6 is 15.9 Å². The molecule has 1 aromatic carbocycles. The van der Waals surface area contributed by atoms with E-state index < -0.39 is 5.97 Å². The van der Waals surface area contributed by atoms with Crippen molar-refractivity contribution in [2.75, 3.05) is 6.61 Å². The monoisotopic (exact) mass is 439 g/mol. The highest BCUT2D eigenvalue weighted by atomic mass is 79.9. The third-order valence-electron chi connectivity index (χ3n) is 5.32. The topological polar surface area (TPSA) is 47.8 Å². The number of nitrogens with zero attached hydrogens (tertiary/aromatic N) is 1. The van der Waals surface area contributed by atoms with E-state index in [-0.39, 0.29) is 17.7 Å². The van der Waals surface area contributed by atoms with Gasteiger partial charge in [-0.3, -0.25) is 9.20 Å². The minimum absolute atomic E-state index is 0.120. The zero-order valence-electron chi connectivity index (χ0n) is 16.0. The van der Waals surface area contributed by atoms with Crippen LogP contribution in [0.3, 0.4) is 0 Å². The summed E-state index contributed by atoms with van der Waals surface area (Å²) in [7, 11) is 0. The van der Waals surface area contributed by atoms with Crippen LogP contribution in [0.1, 0.15) is 52.7 Å². The second-order valence-electron chi connectivity index (χ2n) is 7.22. The molecule has 0 N–H and O–H groups in total. The summed E-state index contributed by atoms with van der Waals surface area (Å²) in [5, 5.41) is 0.795. The van der Waals surface area contributed by atoms with Gasteiger partial charge in [0.05, 0.1) is 12.1 Å². The number of aryl methyl sites for hydroxylation is 1. The Kier molecular flexibility index (Phi) is 5.11. The Balaban J connectivity index is 1.97. The van der Waals surface area contributed by atoms with Crippen molar-refractivity contribution in [1.82, 2.24) is 4.40 Å². The van der Waals surface area contributed by atoms with Crippen LogP contribution in [0.15, 0.2) is 47.4 Å². The van der Waals surface area contributed by atoms with Crippen LogP contribution < -0.4 is 5.56 Å². The van der Waals surface area contributed by atoms with Gasteiger partial charge in [-0.15, -0.1) is 0 Å². The summed E-state index contributed by atoms with van der Waals surface area (Å²) in [6, 6.07) is 12.1. The molecule has 0 bridgehead atoms. The van der Waals surface area contributed by atoms with Crippen LogP contribution in [0.2, 0.25) is 0 Å². The smallest absolute Gasteiger partial charge is 0.343 e. The minimum Gasteiger partial charge on any atom is -0.462 e. The average Bonchev–Trinajstić information content (AvgIpc) is 3.54. The summed E-state index contributed by atoms with van der Waals surface area (Å²) in [4.78, 5) is 25.3. The second-order valence-corrected chi connectivity index (χ2v) is 7.78. The van der Waals surface area contributed by atoms with Crippen LogP contribution in [0, 0.1) is 6.92 Å². The number of aromatic nitrogens is 1. The zero-order valence-corrected chi connectivity index (χ0v) is 17.6. The number of hydrogen-bond acceptors (Lipinski definition) is 3. The molecular formula is C23H22BrNO3. The number of ether oxygens (including phenoxy) is 1. The fourth-order valence-corrected chi connectivity index (χ4v) is 4.14. The molecule has 0 saturated heterocycles. The van der Waals surface area contributed by atoms with E-state index in [2.05, 4.69) is 41.1 Å². The molecule has 0 aliphatic heterocycles. The van der Waals surface area contributed by atoms with Crippen LogP contribution in [0.5, 0.6) is 0 Å². The van der Waals surface area contributed by atoms with E-state index in [0.717, 1.165) is 45.9 Å². The van der Waals surface area contributed by atoms with Crippen molar-refractivity contribution in [1.29, 1.82) is 0 Å². The van der Waals surface area contributed by atoms with E-state index >= 15 is 0 Å². The highest BCUT2D eigenvalue weighted by Crippen LogP contribution is 2.43. The molecule has 1 aliphatic rings. The number of hydrogen-bond donors (Lipinski definition) is 0. The molecule has 0 radical (unpaired) electrons. The van der Waals surface area contributed by atoms with Gasteiger partial charge in [-0.2, -0.15) is 0 Å². The van der Waals surface area contributed by atoms with Gasteiger partial charge in [0.2, 0.25) is 0 Å². The van der Waals surface area contributed by atoms with Crippen molar-refractivity contribution >= 4 is 27.4 Å². The van der Waals surface area contributed by atoms with E-state index in [0.29, 0.717) is 5.92 Å². The number of alkyl halides is 1. The van der Waals surface area contributed by atoms with Gasteiger partial charge < -0.3 is 4.74 Å². The van der Waals surface area contributed by atoms with Crippen LogP contribution in [-0.4, -0.2) is 17.0 Å². The zero-order chi connectivity index (χ0) is 19.8. The van der Waals surface area contributed by atoms with Crippen molar-refractivity contribution in [3.05, 3.63) is 75.2 Å². The van der Waals surface area contributed by atoms with Gasteiger partial charge in [0, 0.05) is 11.5 Å². The maximum atomic E-state index is 13.0. The number of carbonyl (C=O) groups is 1. The summed E-state index contributed by atoms with van der Waals surface area (Å²) in [6.45, 7) is 4.05. The van der Waals surface area contributed by atoms with Gasteiger partial charge in [0.1, 0.15) is 5.56 Å². The van der Waals surface area contributed by atoms with E-state index in [1.54, 1.807) is 23.6 Å². The number of fused-ring (bicyclic) bond motifs is 1. The summed E-state index contributed by atoms with van der Waals surface area (Å²) in [6.07, 6.45) is 3.95. The first-order valence-corrected chi connectivity index (χ1v) is 10.7. The average molecular weight is 440 g/mol. The summed E-state index contributed by atoms with van der Waals surface area (Å²) in [5.41, 5.74) is 6.28. The van der Waals surface area contributed by atoms with E-state index in [1.807, 2.05) is 12.1 Å². The summed E-state index contributed by atoms with van der Waals surface area (Å²) >= 11 is 3.52. The first-order valence-electron chi connectivity index (χ1n) is 9.56. The maximum Gasteiger partial charge on any atom is 0.343 e. The lowest BCUT2D eigenvalue weighted by Gasteiger charge is -2.16. The maximum absolute atomic E-state index is 13.0. The Bertz CT molecular complexity index is 1130. The van der Waals surface area contributed by atoms with Crippen molar-refractivity contribution in [2.24, 2.45) is 0 Å². The normalized spacial score (nSPS) is 13.7. The van der Waals surface area contributed by atoms with Crippen molar-refractivity contribution in [3.8, 4) is 11.1 Å². The van der Waals surface area contributed by atoms with Crippen LogP contribution in [-0.2, 0) is 10.1 Å². The number of benzene rings is 1. The number of halogens is 1. The largest absolute Gasteiger partial charge is 0.462 e. The van der Waals surface area contributed by atoms with Crippen molar-refractivity contribution in [3.63, 3.8) is 0 Å². The molecule has 5 heteroatoms. The molecule has 2 aromatic heterocycles. The molecule has 4 rings (SSSR count). The van der Waals surface area contributed by atoms with Gasteiger partial charge in [-0.05, 0) is 72.6 Å². The molecule has 0 atom stereocenters. The van der Waals surface area contributed by atoms with Gasteiger partial charge in [-0.25, -0.2) is 4.79 Å². The summed E-state index contributed by atoms with van der Waals surface area (Å²) < 4.78 is 6.72. The molecule has 1 fully saturated rings. The molecule has 1 aliphatic carbocycles. The second kappa shape index (κ2) is 7.55. The Morgan fingerprint density at radius 2 is 2.04 bits per heavy atom. The highest BCUT2D eigenvalue weighted by Gasteiger charge is 2.29. The standard InChI is InChI=1S/C23H22BrNO3/c1-3-28-23(27)20-12-19(16-7-8-16)21-14(2)18(9-10-25(21)22(20)26)17-6-4-5-15(11-17)13-24/h4-6,9-12,16H,3,7-8,13H2,1-2H3. The molecule has 144 valence electrons. The molecule has 1 saturated carbocycles. The molecule has 0 amide bonds. The number of rotatable bonds is 5. The van der Waals surface area contributed by atoms with Crippen molar-refractivity contribution in [2.45, 2.75) is 37.9 Å². The molecule has 2 heterocycles. The molecular weight excluding hydrogens is 418 g/mol. The predicted octanol–water partition coefficient (Wildman–Crippen LogP) is 5.22. The lowest BCUT2D eigenvalue weighted by atomic mass is 9.96. The fraction of sp³-hybridized carbons (Fsp3) is 0.304. The Morgan fingerprint density at radius 1 is 1.25 bits per heavy atom. The lowest BCUT2D eigenvalue weighted by molar-refractivity contribution is 0.0524. The fourth-order valence-electron chi connectivity index (χ4n) is 3.79. The first kappa shape index (κ1) is 18.9. The Hall–Kier alpha value is -2.40. The lowest BCUT2D eigenvalue weighted by Crippen LogP contribution is -2.25. The Labute approximate surface area is 172 Å². The van der Waals surface area contributed by atoms with Gasteiger partial charge in [-0.1, -0.05) is 40.2 Å². The molecule has 0 spiro atoms. The molecule has 4 nitrogen and oxygen atoms in total. The third-order valence-corrected chi connectivity index (χ3v) is 5.97. The van der Waals surface area contributed by atoms with E-state index in [9.17, 15) is 9.59 Å². The quantitative estimate of drug-likeness (QED) is 0.404. The molecule has 3 aromatic rings. The number of carbonyl (C=O) groups excluding carboxylic acids is 1. The minimum atomic E-state index is -0.546. The van der Waals surface area contributed by atoms with Crippen LogP contribution in [0.25, 0.3) is 16.6 Å². The molecule has 28 heavy (non-hydrogen) atoms. The van der Waals surface area contributed by atoms with Crippen molar-refractivity contribution < 1.29 is 9.53 Å². The van der Waals surface area contributed by atoms with Gasteiger partial charge in [0.25, 0.3) is 5.56 Å². The summed E-state index contributed by atoms with van der Waals surface area (Å²) in [5.74, 6) is -0.151. The SMILES string of the molecule is CCOC(=O)c1cc(C2CC2)c2c(C)c(-c3cccc(CBr)c3)ccn2c1=O. The number of pyridine rings is 2. The highest BCUT2D eigenvalue weighted by molar-refractivity contribution is 9.08. The third kappa shape index (κ3) is 3.28. The van der Waals surface area contributed by atoms with Gasteiger partial charge in [0.15, 0.2) is 0 Å².